The first-order valence-electron chi connectivity index (χ1n) is 36.3. The van der Waals surface area contributed by atoms with Crippen LogP contribution >= 0.6 is 23.2 Å². The number of anilines is 8. The molecule has 0 aliphatic heterocycles. The molecule has 0 radical (unpaired) electrons. The van der Waals surface area contributed by atoms with Gasteiger partial charge in [-0.25, -0.2) is 0 Å². The molecule has 0 aliphatic rings. The van der Waals surface area contributed by atoms with Crippen molar-refractivity contribution in [1.29, 1.82) is 0 Å². The number of para-hydroxylation sites is 6. The Kier molecular flexibility index (Phi) is 14.5. The number of hydrogen-bond donors (Lipinski definition) is 1. The highest BCUT2D eigenvalue weighted by Crippen LogP contribution is 2.46. The maximum atomic E-state index is 6.70. The topological polar surface area (TPSA) is 110 Å². The minimum atomic E-state index is 0.670. The molecular weight excluding hydrogens is 1400 g/mol. The second-order valence-electron chi connectivity index (χ2n) is 27.8. The molecule has 0 atom stereocenters. The summed E-state index contributed by atoms with van der Waals surface area (Å²) in [7, 11) is 0. The van der Waals surface area contributed by atoms with Gasteiger partial charge in [-0.3, -0.25) is 0 Å². The summed E-state index contributed by atoms with van der Waals surface area (Å²) in [5.74, 6) is 0. The molecule has 0 fully saturated rings. The number of halogens is 2. The number of benzene rings is 17. The molecule has 110 heavy (non-hydrogen) atoms. The molecular formula is C98H57Cl2N3O7. The van der Waals surface area contributed by atoms with Gasteiger partial charge in [0.15, 0.2) is 0 Å². The van der Waals surface area contributed by atoms with Crippen molar-refractivity contribution >= 4 is 244 Å². The SMILES string of the molecule is Clc1ccc2c(c1)oc1cc3cc4c(cc3cc12)oc1cc(Cl)ccc14.c1ccc(N(c2ccc3c(c2)oc2ccccc23)c2ccc3c(c2)oc2cc4cc5c(cc4cc23)oc2cc(N(c3ccccc3)c3ccc4c(c3)oc3ccccc34)ccc25)cc1.c1ccc(Nc2ccc3c(c2)oc2ccccc23)cc1. The summed E-state index contributed by atoms with van der Waals surface area (Å²) in [6.45, 7) is 0. The van der Waals surface area contributed by atoms with Gasteiger partial charge in [-0.2, -0.15) is 0 Å². The summed E-state index contributed by atoms with van der Waals surface area (Å²) >= 11 is 12.2. The highest BCUT2D eigenvalue weighted by Gasteiger charge is 2.22. The van der Waals surface area contributed by atoms with Crippen molar-refractivity contribution in [2.24, 2.45) is 0 Å². The molecule has 1 N–H and O–H groups in total. The van der Waals surface area contributed by atoms with Crippen LogP contribution in [0.3, 0.4) is 0 Å². The van der Waals surface area contributed by atoms with E-state index in [1.807, 2.05) is 140 Å². The van der Waals surface area contributed by atoms with Crippen LogP contribution in [0.1, 0.15) is 0 Å². The van der Waals surface area contributed by atoms with Crippen molar-refractivity contribution in [2.45, 2.75) is 0 Å². The van der Waals surface area contributed by atoms with Gasteiger partial charge in [0.25, 0.3) is 0 Å². The Labute approximate surface area is 635 Å². The summed E-state index contributed by atoms with van der Waals surface area (Å²) < 4.78 is 44.0. The zero-order valence-electron chi connectivity index (χ0n) is 58.3. The van der Waals surface area contributed by atoms with Crippen LogP contribution in [0.2, 0.25) is 10.0 Å². The van der Waals surface area contributed by atoms with Crippen LogP contribution in [-0.2, 0) is 0 Å². The van der Waals surface area contributed by atoms with E-state index in [1.54, 1.807) is 0 Å². The van der Waals surface area contributed by atoms with E-state index in [4.69, 9.17) is 54.1 Å². The van der Waals surface area contributed by atoms with Gasteiger partial charge in [-0.05, 0) is 210 Å². The third kappa shape index (κ3) is 10.8. The molecule has 0 saturated heterocycles. The van der Waals surface area contributed by atoms with E-state index in [0.717, 1.165) is 221 Å². The standard InChI is InChI=1S/C58H34N2O4.C22H10Cl2O2.C18H13NO/c1-3-11-37(12-4-1)59(39-19-23-45-43-15-7-9-17-51(43)61-55(45)31-39)41-21-25-47-49-27-35-30-54-50(28-36(35)29-53(49)63-57(47)33-41)48-26-22-42(34-58(48)64-54)60(38-13-5-2-6-14-38)40-20-24-46-44-16-8-10-18-52(44)62-56(46)32-40;23-13-1-3-15-17-5-11-8-20-18(16-4-2-14(24)10-22(16)26-20)6-12(11)7-19(17)25-21(15)9-13;1-2-6-13(7-3-1)19-14-10-11-16-15-8-4-5-9-17(15)20-18(16)12-14/h1-34H;1-10H;1-12,19H. The van der Waals surface area contributed by atoms with Crippen LogP contribution in [0.5, 0.6) is 0 Å². The smallest absolute Gasteiger partial charge is 0.137 e. The van der Waals surface area contributed by atoms with Gasteiger partial charge in [0.05, 0.1) is 0 Å². The zero-order valence-corrected chi connectivity index (χ0v) is 59.9. The van der Waals surface area contributed by atoms with Crippen LogP contribution in [0.25, 0.3) is 175 Å². The van der Waals surface area contributed by atoms with Gasteiger partial charge in [0, 0.05) is 173 Å². The van der Waals surface area contributed by atoms with Crippen LogP contribution in [-0.4, -0.2) is 0 Å². The first-order chi connectivity index (χ1) is 54.2. The van der Waals surface area contributed by atoms with Crippen LogP contribution in [0.4, 0.5) is 45.5 Å². The highest BCUT2D eigenvalue weighted by molar-refractivity contribution is 6.32. The number of nitrogens with zero attached hydrogens (tertiary/aromatic N) is 2. The number of hydrogen-bond acceptors (Lipinski definition) is 10. The molecule has 24 aromatic rings. The first-order valence-corrected chi connectivity index (χ1v) is 37.1. The molecule has 7 aromatic heterocycles. The minimum Gasteiger partial charge on any atom is -0.456 e. The van der Waals surface area contributed by atoms with Gasteiger partial charge in [-0.1, -0.05) is 132 Å². The van der Waals surface area contributed by atoms with E-state index < -0.39 is 0 Å². The summed E-state index contributed by atoms with van der Waals surface area (Å²) in [5.41, 5.74) is 20.1. The normalized spacial score (nSPS) is 11.9. The number of rotatable bonds is 8. The average molecular weight is 1460 g/mol. The van der Waals surface area contributed by atoms with Crippen LogP contribution in [0.15, 0.2) is 371 Å². The minimum absolute atomic E-state index is 0.670. The van der Waals surface area contributed by atoms with E-state index in [-0.39, 0.29) is 0 Å². The van der Waals surface area contributed by atoms with Gasteiger partial charge in [0.1, 0.15) is 78.2 Å². The van der Waals surface area contributed by atoms with E-state index in [1.165, 1.54) is 0 Å². The third-order valence-corrected chi connectivity index (χ3v) is 21.6. The Morgan fingerprint density at radius 1 is 0.173 bits per heavy atom. The third-order valence-electron chi connectivity index (χ3n) is 21.2. The van der Waals surface area contributed by atoms with E-state index in [2.05, 4.69) is 215 Å². The van der Waals surface area contributed by atoms with Crippen molar-refractivity contribution in [1.82, 2.24) is 0 Å². The number of fused-ring (bicyclic) bond motifs is 23. The van der Waals surface area contributed by atoms with E-state index >= 15 is 0 Å². The van der Waals surface area contributed by atoms with E-state index in [0.29, 0.717) is 10.0 Å². The lowest BCUT2D eigenvalue weighted by Crippen LogP contribution is -2.09. The molecule has 0 bridgehead atoms. The molecule has 0 amide bonds. The quantitative estimate of drug-likeness (QED) is 0.158. The fourth-order valence-electron chi connectivity index (χ4n) is 16.0. The largest absolute Gasteiger partial charge is 0.456 e. The highest BCUT2D eigenvalue weighted by atomic mass is 35.5. The molecule has 12 heteroatoms. The molecule has 0 spiro atoms. The van der Waals surface area contributed by atoms with Crippen molar-refractivity contribution in [2.75, 3.05) is 15.1 Å². The fraction of sp³-hybridized carbons (Fsp3) is 0. The Morgan fingerprint density at radius 2 is 0.427 bits per heavy atom. The van der Waals surface area contributed by atoms with Crippen molar-refractivity contribution in [3.8, 4) is 0 Å². The van der Waals surface area contributed by atoms with E-state index in [9.17, 15) is 0 Å². The summed E-state index contributed by atoms with van der Waals surface area (Å²) in [6, 6.07) is 116. The second-order valence-corrected chi connectivity index (χ2v) is 28.7. The molecule has 24 rings (SSSR count). The van der Waals surface area contributed by atoms with Crippen LogP contribution in [0, 0.1) is 0 Å². The zero-order chi connectivity index (χ0) is 72.7. The van der Waals surface area contributed by atoms with Crippen molar-refractivity contribution in [3.63, 3.8) is 0 Å². The Balaban J connectivity index is 0.000000131. The fourth-order valence-corrected chi connectivity index (χ4v) is 16.4. The van der Waals surface area contributed by atoms with Gasteiger partial charge >= 0.3 is 0 Å². The van der Waals surface area contributed by atoms with Gasteiger partial charge in [0.2, 0.25) is 0 Å². The Bertz CT molecular complexity index is 7440. The molecule has 520 valence electrons. The number of nitrogens with one attached hydrogen (secondary N) is 1. The van der Waals surface area contributed by atoms with Crippen molar-refractivity contribution in [3.05, 3.63) is 350 Å². The lowest BCUT2D eigenvalue weighted by atomic mass is 10.0. The second kappa shape index (κ2) is 25.3. The molecule has 10 nitrogen and oxygen atoms in total. The van der Waals surface area contributed by atoms with Gasteiger partial charge < -0.3 is 46.0 Å². The molecule has 0 unspecified atom stereocenters. The summed E-state index contributed by atoms with van der Waals surface area (Å²) in [4.78, 5) is 4.50. The molecule has 0 saturated carbocycles. The lowest BCUT2D eigenvalue weighted by molar-refractivity contribution is 0.668. The monoisotopic (exact) mass is 1460 g/mol. The maximum absolute atomic E-state index is 6.70. The summed E-state index contributed by atoms with van der Waals surface area (Å²) in [6.07, 6.45) is 0. The predicted molar refractivity (Wildman–Crippen MR) is 454 cm³/mol. The molecule has 17 aromatic carbocycles. The molecule has 0 aliphatic carbocycles. The van der Waals surface area contributed by atoms with Crippen LogP contribution < -0.4 is 15.1 Å². The van der Waals surface area contributed by atoms with Crippen molar-refractivity contribution < 1.29 is 30.9 Å². The average Bonchev–Trinajstić information content (AvgIpc) is 0.906. The first kappa shape index (κ1) is 63.1. The summed E-state index contributed by atoms with van der Waals surface area (Å²) in [5, 5.41) is 24.3. The lowest BCUT2D eigenvalue weighted by Gasteiger charge is -2.25. The van der Waals surface area contributed by atoms with Gasteiger partial charge in [-0.15, -0.1) is 0 Å². The maximum Gasteiger partial charge on any atom is 0.137 e. The molecule has 7 heterocycles. The Morgan fingerprint density at radius 3 is 0.782 bits per heavy atom. The predicted octanol–water partition coefficient (Wildman–Crippen LogP) is 30.7. The Hall–Kier alpha value is -14.2. The number of furan rings is 7.